The number of aryl methyl sites for hydroxylation is 1. The van der Waals surface area contributed by atoms with Crippen molar-refractivity contribution in [1.82, 2.24) is 9.73 Å². The van der Waals surface area contributed by atoms with Crippen LogP contribution >= 0.6 is 11.6 Å². The molecule has 1 amide bonds. The topological polar surface area (TPSA) is 105 Å². The van der Waals surface area contributed by atoms with Crippen molar-refractivity contribution >= 4 is 39.7 Å². The van der Waals surface area contributed by atoms with E-state index in [1.807, 2.05) is 25.1 Å². The van der Waals surface area contributed by atoms with Gasteiger partial charge in [0.05, 0.1) is 30.3 Å². The van der Waals surface area contributed by atoms with Gasteiger partial charge in [-0.05, 0) is 54.4 Å². The van der Waals surface area contributed by atoms with Crippen LogP contribution in [0.1, 0.15) is 27.0 Å². The maximum Gasteiger partial charge on any atom is 0.337 e. The molecule has 182 valence electrons. The number of nitrogens with zero attached hydrogens (tertiary/aromatic N) is 2. The highest BCUT2D eigenvalue weighted by Gasteiger charge is 2.27. The third kappa shape index (κ3) is 7.22. The van der Waals surface area contributed by atoms with Gasteiger partial charge >= 0.3 is 5.97 Å². The number of amides is 1. The highest BCUT2D eigenvalue weighted by atomic mass is 35.5. The lowest BCUT2D eigenvalue weighted by molar-refractivity contribution is -0.121. The standard InChI is InChI=1S/C25H24ClN3O5S/c1-18-4-3-5-20(14-18)16-29(35(32,33)23-12-10-22(26)11-13-23)17-24(30)28-27-15-19-6-8-21(9-7-19)25(31)34-2/h3-15H,16-17H2,1-2H3,(H,28,30)/b27-15-. The quantitative estimate of drug-likeness (QED) is 0.266. The SMILES string of the molecule is COC(=O)c1ccc(/C=N\NC(=O)CN(Cc2cccc(C)c2)S(=O)(=O)c2ccc(Cl)cc2)cc1. The molecule has 8 nitrogen and oxygen atoms in total. The van der Waals surface area contributed by atoms with E-state index < -0.39 is 28.4 Å². The van der Waals surface area contributed by atoms with Crippen LogP contribution in [0.5, 0.6) is 0 Å². The Kier molecular flexibility index (Phi) is 8.75. The number of methoxy groups -OCH3 is 1. The lowest BCUT2D eigenvalue weighted by atomic mass is 10.1. The molecule has 0 aliphatic heterocycles. The average Bonchev–Trinajstić information content (AvgIpc) is 2.84. The van der Waals surface area contributed by atoms with Crippen LogP contribution < -0.4 is 5.43 Å². The molecule has 0 fully saturated rings. The predicted molar refractivity (Wildman–Crippen MR) is 134 cm³/mol. The Bertz CT molecular complexity index is 1320. The first kappa shape index (κ1) is 26.1. The molecule has 0 spiro atoms. The molecule has 3 aromatic carbocycles. The number of hydrogen-bond acceptors (Lipinski definition) is 6. The molecule has 3 rings (SSSR count). The smallest absolute Gasteiger partial charge is 0.337 e. The molecular formula is C25H24ClN3O5S. The summed E-state index contributed by atoms with van der Waals surface area (Å²) in [6.07, 6.45) is 1.39. The van der Waals surface area contributed by atoms with Crippen molar-refractivity contribution in [2.45, 2.75) is 18.4 Å². The van der Waals surface area contributed by atoms with Crippen molar-refractivity contribution in [3.8, 4) is 0 Å². The highest BCUT2D eigenvalue weighted by Crippen LogP contribution is 2.21. The molecule has 0 saturated heterocycles. The second kappa shape index (κ2) is 11.7. The Hall–Kier alpha value is -3.53. The summed E-state index contributed by atoms with van der Waals surface area (Å²) in [6, 6.07) is 19.6. The van der Waals surface area contributed by atoms with E-state index >= 15 is 0 Å². The fourth-order valence-corrected chi connectivity index (χ4v) is 4.70. The molecular weight excluding hydrogens is 490 g/mol. The van der Waals surface area contributed by atoms with Gasteiger partial charge in [-0.1, -0.05) is 53.6 Å². The summed E-state index contributed by atoms with van der Waals surface area (Å²) in [5, 5.41) is 4.30. The molecule has 35 heavy (non-hydrogen) atoms. The number of ether oxygens (including phenoxy) is 1. The van der Waals surface area contributed by atoms with E-state index in [0.717, 1.165) is 15.4 Å². The number of esters is 1. The minimum Gasteiger partial charge on any atom is -0.465 e. The molecule has 0 heterocycles. The summed E-state index contributed by atoms with van der Waals surface area (Å²) in [6.45, 7) is 1.46. The Morgan fingerprint density at radius 3 is 2.37 bits per heavy atom. The van der Waals surface area contributed by atoms with Crippen LogP contribution in [0.2, 0.25) is 5.02 Å². The number of carbonyl (C=O) groups is 2. The number of rotatable bonds is 9. The number of benzene rings is 3. The largest absolute Gasteiger partial charge is 0.465 e. The monoisotopic (exact) mass is 513 g/mol. The van der Waals surface area contributed by atoms with E-state index in [1.165, 1.54) is 37.6 Å². The van der Waals surface area contributed by atoms with Crippen molar-refractivity contribution in [3.63, 3.8) is 0 Å². The Morgan fingerprint density at radius 2 is 1.74 bits per heavy atom. The zero-order valence-corrected chi connectivity index (χ0v) is 20.7. The Morgan fingerprint density at radius 1 is 1.06 bits per heavy atom. The lowest BCUT2D eigenvalue weighted by Crippen LogP contribution is -2.39. The number of sulfonamides is 1. The second-order valence-corrected chi connectivity index (χ2v) is 10.00. The molecule has 0 unspecified atom stereocenters. The van der Waals surface area contributed by atoms with Crippen molar-refractivity contribution in [3.05, 3.63) is 100 Å². The van der Waals surface area contributed by atoms with Crippen LogP contribution in [0, 0.1) is 6.92 Å². The third-order valence-corrected chi connectivity index (χ3v) is 7.01. The van der Waals surface area contributed by atoms with Gasteiger partial charge in [-0.2, -0.15) is 9.41 Å². The normalized spacial score (nSPS) is 11.5. The van der Waals surface area contributed by atoms with Gasteiger partial charge in [0.25, 0.3) is 5.91 Å². The van der Waals surface area contributed by atoms with E-state index in [0.29, 0.717) is 16.1 Å². The number of carbonyl (C=O) groups excluding carboxylic acids is 2. The Balaban J connectivity index is 1.75. The van der Waals surface area contributed by atoms with Gasteiger partial charge in [-0.15, -0.1) is 0 Å². The summed E-state index contributed by atoms with van der Waals surface area (Å²) in [4.78, 5) is 24.1. The van der Waals surface area contributed by atoms with E-state index in [2.05, 4.69) is 15.3 Å². The molecule has 3 aromatic rings. The first-order chi connectivity index (χ1) is 16.7. The van der Waals surface area contributed by atoms with Crippen molar-refractivity contribution in [2.24, 2.45) is 5.10 Å². The molecule has 0 aliphatic carbocycles. The van der Waals surface area contributed by atoms with Gasteiger partial charge < -0.3 is 4.74 Å². The van der Waals surface area contributed by atoms with Crippen molar-refractivity contribution < 1.29 is 22.7 Å². The number of hydrogen-bond donors (Lipinski definition) is 1. The summed E-state index contributed by atoms with van der Waals surface area (Å²) < 4.78 is 32.3. The fourth-order valence-electron chi connectivity index (χ4n) is 3.19. The van der Waals surface area contributed by atoms with E-state index in [-0.39, 0.29) is 11.4 Å². The molecule has 0 bridgehead atoms. The zero-order valence-electron chi connectivity index (χ0n) is 19.1. The first-order valence-corrected chi connectivity index (χ1v) is 12.3. The molecule has 0 atom stereocenters. The minimum absolute atomic E-state index is 0.00123. The van der Waals surface area contributed by atoms with Crippen LogP contribution in [0.4, 0.5) is 0 Å². The van der Waals surface area contributed by atoms with E-state index in [1.54, 1.807) is 30.3 Å². The minimum atomic E-state index is -4.00. The van der Waals surface area contributed by atoms with Gasteiger partial charge in [-0.3, -0.25) is 4.79 Å². The summed E-state index contributed by atoms with van der Waals surface area (Å²) in [5.41, 5.74) is 5.07. The summed E-state index contributed by atoms with van der Waals surface area (Å²) >= 11 is 5.90. The molecule has 10 heteroatoms. The molecule has 0 radical (unpaired) electrons. The van der Waals surface area contributed by atoms with Crippen LogP contribution in [-0.4, -0.2) is 44.5 Å². The molecule has 0 aromatic heterocycles. The maximum atomic E-state index is 13.3. The van der Waals surface area contributed by atoms with Gasteiger partial charge in [0.1, 0.15) is 0 Å². The summed E-state index contributed by atoms with van der Waals surface area (Å²) in [5.74, 6) is -1.07. The maximum absolute atomic E-state index is 13.3. The molecule has 0 saturated carbocycles. The van der Waals surface area contributed by atoms with Gasteiger partial charge in [0.2, 0.25) is 10.0 Å². The molecule has 1 N–H and O–H groups in total. The highest BCUT2D eigenvalue weighted by molar-refractivity contribution is 7.89. The van der Waals surface area contributed by atoms with E-state index in [9.17, 15) is 18.0 Å². The number of halogens is 1. The number of nitrogens with one attached hydrogen (secondary N) is 1. The van der Waals surface area contributed by atoms with Gasteiger partial charge in [0.15, 0.2) is 0 Å². The van der Waals surface area contributed by atoms with Gasteiger partial charge in [-0.25, -0.2) is 18.6 Å². The predicted octanol–water partition coefficient (Wildman–Crippen LogP) is 3.78. The first-order valence-electron chi connectivity index (χ1n) is 10.5. The average molecular weight is 514 g/mol. The third-order valence-electron chi connectivity index (χ3n) is 4.95. The fraction of sp³-hybridized carbons (Fsp3) is 0.160. The van der Waals surface area contributed by atoms with E-state index in [4.69, 9.17) is 11.6 Å². The van der Waals surface area contributed by atoms with Crippen LogP contribution in [-0.2, 0) is 26.1 Å². The van der Waals surface area contributed by atoms with Crippen LogP contribution in [0.15, 0.2) is 82.8 Å². The van der Waals surface area contributed by atoms with Crippen LogP contribution in [0.3, 0.4) is 0 Å². The second-order valence-electron chi connectivity index (χ2n) is 7.62. The molecule has 0 aliphatic rings. The zero-order chi connectivity index (χ0) is 25.4. The lowest BCUT2D eigenvalue weighted by Gasteiger charge is -2.21. The van der Waals surface area contributed by atoms with Crippen LogP contribution in [0.25, 0.3) is 0 Å². The number of hydrazone groups is 1. The van der Waals surface area contributed by atoms with Crippen molar-refractivity contribution in [1.29, 1.82) is 0 Å². The summed E-state index contributed by atoms with van der Waals surface area (Å²) in [7, 11) is -2.70. The van der Waals surface area contributed by atoms with Gasteiger partial charge in [0, 0.05) is 11.6 Å². The van der Waals surface area contributed by atoms with Crippen molar-refractivity contribution in [2.75, 3.05) is 13.7 Å². The Labute approximate surface area is 209 Å².